The summed E-state index contributed by atoms with van der Waals surface area (Å²) in [6.07, 6.45) is 1.12. The third kappa shape index (κ3) is 8.88. The summed E-state index contributed by atoms with van der Waals surface area (Å²) in [7, 11) is 3.47. The number of nitrogens with one attached hydrogen (secondary N) is 2. The first-order valence-corrected chi connectivity index (χ1v) is 9.68. The molecule has 0 aliphatic rings. The number of ether oxygens (including phenoxy) is 1. The molecule has 0 bridgehead atoms. The van der Waals surface area contributed by atoms with Crippen LogP contribution >= 0.6 is 11.3 Å². The van der Waals surface area contributed by atoms with Crippen molar-refractivity contribution in [2.75, 3.05) is 33.8 Å². The first-order valence-electron chi connectivity index (χ1n) is 8.80. The molecular formula is C18H32N4O2S. The summed E-state index contributed by atoms with van der Waals surface area (Å²) in [6.45, 7) is 8.64. The molecule has 1 aromatic rings. The smallest absolute Gasteiger partial charge is 0.243 e. The van der Waals surface area contributed by atoms with Gasteiger partial charge in [0.15, 0.2) is 5.96 Å². The van der Waals surface area contributed by atoms with Gasteiger partial charge in [0.1, 0.15) is 6.54 Å². The van der Waals surface area contributed by atoms with E-state index < -0.39 is 0 Å². The molecule has 0 aliphatic heterocycles. The van der Waals surface area contributed by atoms with Crippen LogP contribution in [-0.2, 0) is 16.1 Å². The van der Waals surface area contributed by atoms with Gasteiger partial charge in [-0.05, 0) is 30.7 Å². The minimum Gasteiger partial charge on any atom is -0.378 e. The van der Waals surface area contributed by atoms with Crippen LogP contribution in [-0.4, -0.2) is 56.7 Å². The lowest BCUT2D eigenvalue weighted by Crippen LogP contribution is -2.40. The van der Waals surface area contributed by atoms with Gasteiger partial charge >= 0.3 is 0 Å². The Kier molecular flexibility index (Phi) is 10.2. The van der Waals surface area contributed by atoms with Crippen molar-refractivity contribution in [3.8, 4) is 0 Å². The molecule has 0 aromatic carbocycles. The number of likely N-dealkylation sites (N-methyl/N-ethyl adjacent to an activating group) is 1. The summed E-state index contributed by atoms with van der Waals surface area (Å²) >= 11 is 1.69. The van der Waals surface area contributed by atoms with Crippen LogP contribution in [0.15, 0.2) is 22.5 Å². The van der Waals surface area contributed by atoms with Gasteiger partial charge in [-0.25, -0.2) is 4.99 Å². The quantitative estimate of drug-likeness (QED) is 0.491. The average molecular weight is 369 g/mol. The number of amides is 1. The molecular weight excluding hydrogens is 336 g/mol. The van der Waals surface area contributed by atoms with Crippen LogP contribution < -0.4 is 10.6 Å². The maximum atomic E-state index is 11.8. The van der Waals surface area contributed by atoms with E-state index >= 15 is 0 Å². The minimum absolute atomic E-state index is 0.0217. The van der Waals surface area contributed by atoms with Crippen molar-refractivity contribution in [2.24, 2.45) is 10.9 Å². The van der Waals surface area contributed by atoms with E-state index in [9.17, 15) is 4.79 Å². The summed E-state index contributed by atoms with van der Waals surface area (Å²) in [5.74, 6) is 1.10. The minimum atomic E-state index is -0.0217. The summed E-state index contributed by atoms with van der Waals surface area (Å²) in [5, 5.41) is 8.65. The topological polar surface area (TPSA) is 66.0 Å². The highest BCUT2D eigenvalue weighted by atomic mass is 32.1. The zero-order chi connectivity index (χ0) is 18.7. The first kappa shape index (κ1) is 21.4. The van der Waals surface area contributed by atoms with Crippen LogP contribution in [0.2, 0.25) is 0 Å². The number of rotatable bonds is 10. The molecule has 7 heteroatoms. The number of carbonyl (C=O) groups excluding carboxylic acids is 1. The Morgan fingerprint density at radius 3 is 2.68 bits per heavy atom. The third-order valence-corrected chi connectivity index (χ3v) is 4.60. The van der Waals surface area contributed by atoms with Gasteiger partial charge in [0.2, 0.25) is 5.91 Å². The van der Waals surface area contributed by atoms with Crippen LogP contribution in [0.1, 0.15) is 32.1 Å². The van der Waals surface area contributed by atoms with Crippen LogP contribution in [0.3, 0.4) is 0 Å². The van der Waals surface area contributed by atoms with E-state index in [0.717, 1.165) is 19.6 Å². The van der Waals surface area contributed by atoms with E-state index in [2.05, 4.69) is 35.5 Å². The predicted octanol–water partition coefficient (Wildman–Crippen LogP) is 2.32. The molecule has 0 spiro atoms. The molecule has 0 fully saturated rings. The molecule has 0 radical (unpaired) electrons. The van der Waals surface area contributed by atoms with E-state index in [1.165, 1.54) is 4.88 Å². The second kappa shape index (κ2) is 11.9. The molecule has 25 heavy (non-hydrogen) atoms. The number of thiophene rings is 1. The van der Waals surface area contributed by atoms with Crippen molar-refractivity contribution in [3.63, 3.8) is 0 Å². The van der Waals surface area contributed by atoms with E-state index in [4.69, 9.17) is 4.74 Å². The summed E-state index contributed by atoms with van der Waals surface area (Å²) in [6, 6.07) is 4.10. The summed E-state index contributed by atoms with van der Waals surface area (Å²) in [4.78, 5) is 19.0. The zero-order valence-corrected chi connectivity index (χ0v) is 16.9. The van der Waals surface area contributed by atoms with E-state index in [1.54, 1.807) is 30.3 Å². The van der Waals surface area contributed by atoms with Crippen molar-refractivity contribution >= 4 is 23.2 Å². The second-order valence-electron chi connectivity index (χ2n) is 6.34. The van der Waals surface area contributed by atoms with E-state index in [1.807, 2.05) is 18.4 Å². The normalized spacial score (nSPS) is 13.0. The summed E-state index contributed by atoms with van der Waals surface area (Å²) < 4.78 is 5.77. The van der Waals surface area contributed by atoms with Gasteiger partial charge in [-0.2, -0.15) is 0 Å². The number of aliphatic imine (C=N–C) groups is 1. The Balaban J connectivity index is 2.56. The number of guanidine groups is 1. The molecule has 1 atom stereocenters. The molecule has 1 unspecified atom stereocenters. The largest absolute Gasteiger partial charge is 0.378 e. The van der Waals surface area contributed by atoms with Gasteiger partial charge in [-0.15, -0.1) is 11.3 Å². The molecule has 0 saturated heterocycles. The predicted molar refractivity (Wildman–Crippen MR) is 105 cm³/mol. The maximum absolute atomic E-state index is 11.8. The summed E-state index contributed by atoms with van der Waals surface area (Å²) in [5.41, 5.74) is 0. The highest BCUT2D eigenvalue weighted by molar-refractivity contribution is 7.09. The van der Waals surface area contributed by atoms with Crippen LogP contribution in [0.25, 0.3) is 0 Å². The second-order valence-corrected chi connectivity index (χ2v) is 7.37. The highest BCUT2D eigenvalue weighted by Gasteiger charge is 2.13. The Morgan fingerprint density at radius 2 is 2.12 bits per heavy atom. The van der Waals surface area contributed by atoms with Crippen LogP contribution in [0.4, 0.5) is 0 Å². The molecule has 0 aliphatic carbocycles. The monoisotopic (exact) mass is 368 g/mol. The van der Waals surface area contributed by atoms with Crippen molar-refractivity contribution in [2.45, 2.75) is 39.8 Å². The van der Waals surface area contributed by atoms with Gasteiger partial charge < -0.3 is 20.3 Å². The van der Waals surface area contributed by atoms with E-state index in [-0.39, 0.29) is 18.6 Å². The first-order chi connectivity index (χ1) is 11.9. The van der Waals surface area contributed by atoms with Crippen molar-refractivity contribution in [1.82, 2.24) is 15.5 Å². The Labute approximate surface area is 155 Å². The molecule has 0 saturated carbocycles. The molecule has 1 rings (SSSR count). The third-order valence-electron chi connectivity index (χ3n) is 3.73. The average Bonchev–Trinajstić information content (AvgIpc) is 3.08. The Morgan fingerprint density at radius 1 is 1.36 bits per heavy atom. The lowest BCUT2D eigenvalue weighted by molar-refractivity contribution is -0.127. The van der Waals surface area contributed by atoms with Gasteiger partial charge in [0, 0.05) is 32.1 Å². The molecule has 1 aromatic heterocycles. The van der Waals surface area contributed by atoms with E-state index in [0.29, 0.717) is 18.4 Å². The maximum Gasteiger partial charge on any atom is 0.243 e. The van der Waals surface area contributed by atoms with Crippen molar-refractivity contribution in [1.29, 1.82) is 0 Å². The number of hydrogen-bond acceptors (Lipinski definition) is 4. The fourth-order valence-electron chi connectivity index (χ4n) is 2.20. The molecule has 1 amide bonds. The van der Waals surface area contributed by atoms with Gasteiger partial charge in [0.25, 0.3) is 0 Å². The van der Waals surface area contributed by atoms with Gasteiger partial charge in [-0.3, -0.25) is 4.79 Å². The van der Waals surface area contributed by atoms with Crippen molar-refractivity contribution in [3.05, 3.63) is 22.4 Å². The number of hydrogen-bond donors (Lipinski definition) is 2. The van der Waals surface area contributed by atoms with Gasteiger partial charge in [-0.1, -0.05) is 19.9 Å². The number of nitrogens with zero attached hydrogens (tertiary/aromatic N) is 2. The Hall–Kier alpha value is -1.60. The Bertz CT molecular complexity index is 515. The lowest BCUT2D eigenvalue weighted by Gasteiger charge is -2.21. The van der Waals surface area contributed by atoms with Gasteiger partial charge in [0.05, 0.1) is 12.6 Å². The van der Waals surface area contributed by atoms with Crippen LogP contribution in [0.5, 0.6) is 0 Å². The zero-order valence-electron chi connectivity index (χ0n) is 16.0. The van der Waals surface area contributed by atoms with Crippen molar-refractivity contribution < 1.29 is 9.53 Å². The molecule has 142 valence electrons. The fourth-order valence-corrected chi connectivity index (χ4v) is 2.85. The highest BCUT2D eigenvalue weighted by Crippen LogP contribution is 2.10. The SMILES string of the molecule is CCOC(CCNC(=NCC(=O)N(C)C)NCc1cccs1)C(C)C. The fraction of sp³-hybridized carbons (Fsp3) is 0.667. The molecule has 1 heterocycles. The molecule has 2 N–H and O–H groups in total. The molecule has 6 nitrogen and oxygen atoms in total. The lowest BCUT2D eigenvalue weighted by atomic mass is 10.0. The standard InChI is InChI=1S/C18H32N4O2S/c1-6-24-16(14(2)3)9-10-19-18(21-13-17(23)22(4)5)20-12-15-8-7-11-25-15/h7-8,11,14,16H,6,9-10,12-13H2,1-5H3,(H2,19,20,21). The van der Waals surface area contributed by atoms with Crippen LogP contribution in [0, 0.1) is 5.92 Å². The number of carbonyl (C=O) groups is 1.